The van der Waals surface area contributed by atoms with Crippen LogP contribution in [0.25, 0.3) is 0 Å². The molecule has 0 bridgehead atoms. The highest BCUT2D eigenvalue weighted by molar-refractivity contribution is 7.89. The number of aromatic nitrogens is 2. The van der Waals surface area contributed by atoms with Gasteiger partial charge >= 0.3 is 6.03 Å². The van der Waals surface area contributed by atoms with E-state index in [1.165, 1.54) is 16.4 Å². The van der Waals surface area contributed by atoms with Gasteiger partial charge in [0.15, 0.2) is 5.82 Å². The van der Waals surface area contributed by atoms with Gasteiger partial charge in [-0.15, -0.1) is 0 Å². The molecule has 2 N–H and O–H groups in total. The van der Waals surface area contributed by atoms with Gasteiger partial charge in [-0.1, -0.05) is 0 Å². The van der Waals surface area contributed by atoms with Crippen LogP contribution < -0.4 is 10.6 Å². The number of nitrogens with one attached hydrogen (secondary N) is 2. The number of hydrogen-bond donors (Lipinski definition) is 2. The van der Waals surface area contributed by atoms with Crippen LogP contribution in [0.2, 0.25) is 0 Å². The molecule has 1 saturated carbocycles. The Hall–Kier alpha value is -2.39. The van der Waals surface area contributed by atoms with E-state index in [1.807, 2.05) is 10.7 Å². The summed E-state index contributed by atoms with van der Waals surface area (Å²) in [5.74, 6) is 0.523. The number of carbonyl (C=O) groups excluding carboxylic acids is 1. The summed E-state index contributed by atoms with van der Waals surface area (Å²) in [6, 6.07) is 7.80. The van der Waals surface area contributed by atoms with Gasteiger partial charge in [-0.05, 0) is 56.4 Å². The number of carbonyl (C=O) groups is 1. The van der Waals surface area contributed by atoms with Crippen LogP contribution in [0.15, 0.2) is 35.2 Å². The van der Waals surface area contributed by atoms with Crippen molar-refractivity contribution in [3.8, 4) is 0 Å². The molecule has 9 heteroatoms. The van der Waals surface area contributed by atoms with Crippen molar-refractivity contribution >= 4 is 27.6 Å². The lowest BCUT2D eigenvalue weighted by Gasteiger charge is -2.16. The third-order valence-corrected chi connectivity index (χ3v) is 6.93. The second-order valence-corrected chi connectivity index (χ2v) is 9.05. The van der Waals surface area contributed by atoms with Crippen LogP contribution in [0.4, 0.5) is 16.3 Å². The van der Waals surface area contributed by atoms with E-state index >= 15 is 0 Å². The molecule has 2 aromatic rings. The smallest absolute Gasteiger partial charge is 0.308 e. The molecule has 0 spiro atoms. The molecular formula is C18H23N5O3S. The molecule has 8 nitrogen and oxygen atoms in total. The van der Waals surface area contributed by atoms with Crippen LogP contribution in [0.1, 0.15) is 31.4 Å². The van der Waals surface area contributed by atoms with Crippen molar-refractivity contribution in [2.24, 2.45) is 0 Å². The maximum absolute atomic E-state index is 12.5. The lowest BCUT2D eigenvalue weighted by molar-refractivity contribution is 0.262. The van der Waals surface area contributed by atoms with E-state index in [2.05, 4.69) is 15.7 Å². The van der Waals surface area contributed by atoms with E-state index in [0.29, 0.717) is 11.5 Å². The Morgan fingerprint density at radius 1 is 1.19 bits per heavy atom. The molecule has 1 fully saturated rings. The molecule has 1 aliphatic heterocycles. The van der Waals surface area contributed by atoms with Gasteiger partial charge in [-0.25, -0.2) is 13.2 Å². The van der Waals surface area contributed by atoms with Gasteiger partial charge in [0, 0.05) is 37.1 Å². The van der Waals surface area contributed by atoms with Gasteiger partial charge in [0.1, 0.15) is 0 Å². The second kappa shape index (κ2) is 6.97. The quantitative estimate of drug-likeness (QED) is 0.822. The van der Waals surface area contributed by atoms with Crippen molar-refractivity contribution in [3.63, 3.8) is 0 Å². The summed E-state index contributed by atoms with van der Waals surface area (Å²) >= 11 is 0. The predicted molar refractivity (Wildman–Crippen MR) is 102 cm³/mol. The first kappa shape index (κ1) is 18.0. The summed E-state index contributed by atoms with van der Waals surface area (Å²) in [4.78, 5) is 12.4. The van der Waals surface area contributed by atoms with Crippen molar-refractivity contribution in [3.05, 3.63) is 36.0 Å². The third kappa shape index (κ3) is 3.84. The van der Waals surface area contributed by atoms with Gasteiger partial charge in [-0.2, -0.15) is 9.40 Å². The number of rotatable bonds is 5. The monoisotopic (exact) mass is 389 g/mol. The molecule has 27 heavy (non-hydrogen) atoms. The molecular weight excluding hydrogens is 366 g/mol. The topological polar surface area (TPSA) is 96.3 Å². The number of anilines is 2. The van der Waals surface area contributed by atoms with Crippen molar-refractivity contribution < 1.29 is 13.2 Å². The fourth-order valence-electron chi connectivity index (χ4n) is 3.27. The normalized spacial score (nSPS) is 16.8. The number of aryl methyl sites for hydroxylation is 2. The number of hydrogen-bond acceptors (Lipinski definition) is 4. The van der Waals surface area contributed by atoms with E-state index in [0.717, 1.165) is 44.3 Å². The van der Waals surface area contributed by atoms with E-state index < -0.39 is 16.1 Å². The van der Waals surface area contributed by atoms with Crippen LogP contribution in [-0.4, -0.2) is 41.6 Å². The summed E-state index contributed by atoms with van der Waals surface area (Å²) < 4.78 is 28.3. The van der Waals surface area contributed by atoms with Gasteiger partial charge in [0.05, 0.1) is 4.90 Å². The summed E-state index contributed by atoms with van der Waals surface area (Å²) in [7, 11) is -1.87. The molecule has 0 unspecified atom stereocenters. The van der Waals surface area contributed by atoms with Gasteiger partial charge in [0.2, 0.25) is 10.0 Å². The molecule has 0 saturated heterocycles. The largest absolute Gasteiger partial charge is 0.324 e. The number of sulfonamides is 1. The van der Waals surface area contributed by atoms with Crippen LogP contribution in [0.5, 0.6) is 0 Å². The van der Waals surface area contributed by atoms with Crippen LogP contribution in [-0.2, 0) is 23.0 Å². The Morgan fingerprint density at radius 3 is 2.59 bits per heavy atom. The Labute approximate surface area is 158 Å². The van der Waals surface area contributed by atoms with Crippen LogP contribution >= 0.6 is 0 Å². The fraction of sp³-hybridized carbons (Fsp3) is 0.444. The minimum absolute atomic E-state index is 0.110. The van der Waals surface area contributed by atoms with Gasteiger partial charge < -0.3 is 5.32 Å². The predicted octanol–water partition coefficient (Wildman–Crippen LogP) is 2.65. The lowest BCUT2D eigenvalue weighted by atomic mass is 10.1. The fourth-order valence-corrected chi connectivity index (χ4v) is 4.68. The average Bonchev–Trinajstić information content (AvgIpc) is 3.41. The van der Waals surface area contributed by atoms with Gasteiger partial charge in [0.25, 0.3) is 0 Å². The van der Waals surface area contributed by atoms with Crippen molar-refractivity contribution in [1.82, 2.24) is 14.1 Å². The highest BCUT2D eigenvalue weighted by Gasteiger charge is 2.34. The van der Waals surface area contributed by atoms with E-state index in [-0.39, 0.29) is 10.9 Å². The van der Waals surface area contributed by atoms with Crippen molar-refractivity contribution in [1.29, 1.82) is 0 Å². The first-order chi connectivity index (χ1) is 12.9. The zero-order chi connectivity index (χ0) is 19.0. The van der Waals surface area contributed by atoms with Crippen LogP contribution in [0.3, 0.4) is 0 Å². The number of nitrogens with zero attached hydrogens (tertiary/aromatic N) is 3. The summed E-state index contributed by atoms with van der Waals surface area (Å²) in [6.07, 6.45) is 5.04. The number of urea groups is 1. The zero-order valence-electron chi connectivity index (χ0n) is 15.2. The molecule has 2 amide bonds. The molecule has 1 aliphatic carbocycles. The Kier molecular flexibility index (Phi) is 4.65. The Bertz CT molecular complexity index is 924. The van der Waals surface area contributed by atoms with Crippen molar-refractivity contribution in [2.45, 2.75) is 49.6 Å². The number of fused-ring (bicyclic) bond motifs is 1. The molecule has 0 atom stereocenters. The molecule has 2 aliphatic rings. The molecule has 1 aromatic carbocycles. The SMILES string of the molecule is CN(C1CC1)S(=O)(=O)c1ccc(NC(=O)Nc2cc3n(n2)CCCC3)cc1. The third-order valence-electron chi connectivity index (χ3n) is 5.01. The minimum Gasteiger partial charge on any atom is -0.308 e. The van der Waals surface area contributed by atoms with Crippen molar-refractivity contribution in [2.75, 3.05) is 17.7 Å². The average molecular weight is 389 g/mol. The molecule has 1 aromatic heterocycles. The Balaban J connectivity index is 1.39. The summed E-state index contributed by atoms with van der Waals surface area (Å²) in [5, 5.41) is 9.81. The second-order valence-electron chi connectivity index (χ2n) is 7.06. The van der Waals surface area contributed by atoms with E-state index in [4.69, 9.17) is 0 Å². The molecule has 144 valence electrons. The number of amides is 2. The lowest BCUT2D eigenvalue weighted by Crippen LogP contribution is -2.28. The zero-order valence-corrected chi connectivity index (χ0v) is 16.0. The molecule has 4 rings (SSSR count). The standard InChI is InChI=1S/C18H23N5O3S/c1-22(14-7-8-14)27(25,26)16-9-5-13(6-10-16)19-18(24)20-17-12-15-4-2-3-11-23(15)21-17/h5-6,9-10,12,14H,2-4,7-8,11H2,1H3,(H2,19,20,21,24). The summed E-state index contributed by atoms with van der Waals surface area (Å²) in [6.45, 7) is 0.879. The molecule has 2 heterocycles. The first-order valence-electron chi connectivity index (χ1n) is 9.16. The highest BCUT2D eigenvalue weighted by atomic mass is 32.2. The maximum atomic E-state index is 12.5. The van der Waals surface area contributed by atoms with Gasteiger partial charge in [-0.3, -0.25) is 10.00 Å². The summed E-state index contributed by atoms with van der Waals surface area (Å²) in [5.41, 5.74) is 1.65. The van der Waals surface area contributed by atoms with E-state index in [1.54, 1.807) is 19.2 Å². The molecule has 0 radical (unpaired) electrons. The maximum Gasteiger partial charge on any atom is 0.324 e. The number of benzene rings is 1. The van der Waals surface area contributed by atoms with E-state index in [9.17, 15) is 13.2 Å². The minimum atomic E-state index is -3.48. The first-order valence-corrected chi connectivity index (χ1v) is 10.6. The Morgan fingerprint density at radius 2 is 1.93 bits per heavy atom. The highest BCUT2D eigenvalue weighted by Crippen LogP contribution is 2.30. The van der Waals surface area contributed by atoms with Crippen LogP contribution in [0, 0.1) is 0 Å².